The first-order valence-corrected chi connectivity index (χ1v) is 14.0. The summed E-state index contributed by atoms with van der Waals surface area (Å²) in [5, 5.41) is 3.48. The fourth-order valence-corrected chi connectivity index (χ4v) is 5.50. The van der Waals surface area contributed by atoms with Gasteiger partial charge in [-0.1, -0.05) is 37.4 Å². The smallest absolute Gasteiger partial charge is 0.227 e. The molecule has 4 aromatic rings. The number of aliphatic imine (C=N–C) groups is 1. The van der Waals surface area contributed by atoms with E-state index < -0.39 is 0 Å². The zero-order valence-corrected chi connectivity index (χ0v) is 22.9. The van der Waals surface area contributed by atoms with Gasteiger partial charge >= 0.3 is 0 Å². The summed E-state index contributed by atoms with van der Waals surface area (Å²) in [7, 11) is 0. The van der Waals surface area contributed by atoms with Gasteiger partial charge in [-0.2, -0.15) is 0 Å². The number of carbonyl (C=O) groups is 1. The van der Waals surface area contributed by atoms with Crippen LogP contribution in [0.25, 0.3) is 33.9 Å². The molecule has 3 aromatic heterocycles. The number of hydrogen-bond donors (Lipinski definition) is 3. The molecule has 208 valence electrons. The van der Waals surface area contributed by atoms with Gasteiger partial charge in [0.2, 0.25) is 5.91 Å². The lowest BCUT2D eigenvalue weighted by molar-refractivity contribution is -0.131. The van der Waals surface area contributed by atoms with Crippen LogP contribution in [-0.4, -0.2) is 60.0 Å². The number of amides is 1. The third-order valence-electron chi connectivity index (χ3n) is 7.63. The van der Waals surface area contributed by atoms with E-state index in [0.717, 1.165) is 65.5 Å². The van der Waals surface area contributed by atoms with Gasteiger partial charge in [0.05, 0.1) is 42.3 Å². The molecule has 0 saturated carbocycles. The molecule has 1 amide bonds. The molecular weight excluding hydrogens is 514 g/mol. The van der Waals surface area contributed by atoms with E-state index in [1.54, 1.807) is 24.8 Å². The highest BCUT2D eigenvalue weighted by molar-refractivity contribution is 5.89. The molecule has 0 spiro atoms. The van der Waals surface area contributed by atoms with Crippen LogP contribution in [0.15, 0.2) is 79.0 Å². The summed E-state index contributed by atoms with van der Waals surface area (Å²) in [6, 6.07) is 8.38. The number of H-pyrrole nitrogens is 2. The van der Waals surface area contributed by atoms with Gasteiger partial charge < -0.3 is 20.2 Å². The Morgan fingerprint density at radius 3 is 2.37 bits per heavy atom. The van der Waals surface area contributed by atoms with Crippen molar-refractivity contribution in [2.24, 2.45) is 4.99 Å². The van der Waals surface area contributed by atoms with Crippen molar-refractivity contribution in [3.05, 3.63) is 85.6 Å². The average Bonchev–Trinajstić information content (AvgIpc) is 3.82. The van der Waals surface area contributed by atoms with Crippen LogP contribution in [0.2, 0.25) is 0 Å². The summed E-state index contributed by atoms with van der Waals surface area (Å²) in [5.41, 5.74) is 5.30. The predicted octanol–water partition coefficient (Wildman–Crippen LogP) is 5.17. The molecule has 41 heavy (non-hydrogen) atoms. The number of nitrogens with one attached hydrogen (secondary N) is 3. The van der Waals surface area contributed by atoms with Crippen molar-refractivity contribution in [2.45, 2.75) is 44.2 Å². The van der Waals surface area contributed by atoms with Crippen molar-refractivity contribution in [3.63, 3.8) is 0 Å². The largest absolute Gasteiger partial charge is 0.341 e. The lowest BCUT2D eigenvalue weighted by atomic mass is 10.1. The maximum absolute atomic E-state index is 12.9. The van der Waals surface area contributed by atoms with Crippen molar-refractivity contribution < 1.29 is 4.79 Å². The van der Waals surface area contributed by atoms with E-state index in [1.165, 1.54) is 12.6 Å². The molecule has 2 fully saturated rings. The number of rotatable bonds is 9. The van der Waals surface area contributed by atoms with Gasteiger partial charge in [-0.25, -0.2) is 19.9 Å². The first-order chi connectivity index (χ1) is 20.1. The third-order valence-corrected chi connectivity index (χ3v) is 7.63. The Hall–Kier alpha value is -4.70. The summed E-state index contributed by atoms with van der Waals surface area (Å²) in [4.78, 5) is 44.0. The maximum atomic E-state index is 12.9. The Morgan fingerprint density at radius 1 is 0.927 bits per heavy atom. The van der Waals surface area contributed by atoms with Gasteiger partial charge in [-0.05, 0) is 43.4 Å². The van der Waals surface area contributed by atoms with Crippen LogP contribution < -0.4 is 5.32 Å². The van der Waals surface area contributed by atoms with Crippen LogP contribution in [0.4, 0.5) is 0 Å². The average molecular weight is 548 g/mol. The molecule has 0 bridgehead atoms. The molecule has 10 heteroatoms. The highest BCUT2D eigenvalue weighted by atomic mass is 16.2. The third kappa shape index (κ3) is 5.78. The van der Waals surface area contributed by atoms with Crippen molar-refractivity contribution in [2.75, 3.05) is 13.1 Å². The van der Waals surface area contributed by atoms with Crippen molar-refractivity contribution >= 4 is 12.1 Å². The molecule has 2 atom stereocenters. The number of imidazole rings is 2. The summed E-state index contributed by atoms with van der Waals surface area (Å²) >= 11 is 0. The van der Waals surface area contributed by atoms with Gasteiger partial charge in [0, 0.05) is 42.5 Å². The molecular formula is C31H33N9O. The lowest BCUT2D eigenvalue weighted by Crippen LogP contribution is -2.31. The minimum Gasteiger partial charge on any atom is -0.341 e. The number of carbonyl (C=O) groups excluding carboxylic acids is 1. The van der Waals surface area contributed by atoms with E-state index >= 15 is 0 Å². The first-order valence-electron chi connectivity index (χ1n) is 14.0. The summed E-state index contributed by atoms with van der Waals surface area (Å²) in [6.45, 7) is 9.21. The minimum atomic E-state index is -0.0977. The summed E-state index contributed by atoms with van der Waals surface area (Å²) < 4.78 is 0. The van der Waals surface area contributed by atoms with Crippen LogP contribution in [0.1, 0.15) is 55.8 Å². The molecule has 2 aliphatic heterocycles. The molecule has 5 heterocycles. The quantitative estimate of drug-likeness (QED) is 0.248. The van der Waals surface area contributed by atoms with E-state index in [2.05, 4.69) is 65.5 Å². The van der Waals surface area contributed by atoms with Gasteiger partial charge in [-0.15, -0.1) is 0 Å². The summed E-state index contributed by atoms with van der Waals surface area (Å²) in [6.07, 6.45) is 14.6. The zero-order chi connectivity index (χ0) is 28.2. The molecule has 6 rings (SSSR count). The number of nitrogens with zero attached hydrogens (tertiary/aromatic N) is 6. The number of benzene rings is 1. The second kappa shape index (κ2) is 11.8. The Bertz CT molecular complexity index is 1560. The SMILES string of the molecule is C=CN=CC(=C)CC(=O)N1CCC[C@H]1c1ncc(-c2cnc(-c3ccc(-c4cnc([C@@H]5CCCN5)[nH]4)cc3)nc2)[nH]1. The topological polar surface area (TPSA) is 128 Å². The molecule has 2 saturated heterocycles. The fraction of sp³-hybridized carbons (Fsp3) is 0.290. The van der Waals surface area contributed by atoms with E-state index in [-0.39, 0.29) is 18.4 Å². The lowest BCUT2D eigenvalue weighted by Gasteiger charge is -2.23. The number of aromatic nitrogens is 6. The first kappa shape index (κ1) is 26.5. The Balaban J connectivity index is 1.11. The fourth-order valence-electron chi connectivity index (χ4n) is 5.50. The molecule has 0 aliphatic carbocycles. The van der Waals surface area contributed by atoms with Crippen LogP contribution in [0, 0.1) is 0 Å². The minimum absolute atomic E-state index is 0.0171. The van der Waals surface area contributed by atoms with Crippen molar-refractivity contribution in [1.29, 1.82) is 0 Å². The van der Waals surface area contributed by atoms with E-state index in [9.17, 15) is 4.79 Å². The van der Waals surface area contributed by atoms with Gasteiger partial charge in [0.15, 0.2) is 5.82 Å². The van der Waals surface area contributed by atoms with Crippen LogP contribution in [0.5, 0.6) is 0 Å². The van der Waals surface area contributed by atoms with Crippen LogP contribution >= 0.6 is 0 Å². The molecule has 2 aliphatic rings. The molecule has 1 aromatic carbocycles. The zero-order valence-electron chi connectivity index (χ0n) is 22.9. The van der Waals surface area contributed by atoms with Crippen molar-refractivity contribution in [1.82, 2.24) is 40.1 Å². The normalized spacial score (nSPS) is 18.8. The number of aromatic amines is 2. The summed E-state index contributed by atoms with van der Waals surface area (Å²) in [5.74, 6) is 2.42. The molecule has 10 nitrogen and oxygen atoms in total. The molecule has 0 radical (unpaired) electrons. The monoisotopic (exact) mass is 547 g/mol. The Labute approximate surface area is 238 Å². The van der Waals surface area contributed by atoms with Crippen molar-refractivity contribution in [3.8, 4) is 33.9 Å². The van der Waals surface area contributed by atoms with Gasteiger partial charge in [-0.3, -0.25) is 9.79 Å². The number of likely N-dealkylation sites (tertiary alicyclic amines) is 1. The standard InChI is InChI=1S/C31H33N9O/c1-3-32-15-20(2)14-28(41)40-13-5-7-27(40)31-37-19-26(39-31)23-16-34-29(35-17-23)22-10-8-21(9-11-22)25-18-36-30(38-25)24-6-4-12-33-24/h3,8-11,15-19,24,27,33H,1-2,4-7,12-14H2,(H,36,38)(H,37,39)/t24-,27-/m0/s1. The second-order valence-electron chi connectivity index (χ2n) is 10.4. The number of hydrogen-bond acceptors (Lipinski definition) is 7. The predicted molar refractivity (Wildman–Crippen MR) is 159 cm³/mol. The highest BCUT2D eigenvalue weighted by Gasteiger charge is 2.32. The molecule has 0 unspecified atom stereocenters. The van der Waals surface area contributed by atoms with Crippen LogP contribution in [-0.2, 0) is 4.79 Å². The molecule has 3 N–H and O–H groups in total. The maximum Gasteiger partial charge on any atom is 0.227 e. The van der Waals surface area contributed by atoms with E-state index in [1.807, 2.05) is 23.2 Å². The van der Waals surface area contributed by atoms with Crippen LogP contribution in [0.3, 0.4) is 0 Å². The Morgan fingerprint density at radius 2 is 1.63 bits per heavy atom. The van der Waals surface area contributed by atoms with E-state index in [4.69, 9.17) is 0 Å². The second-order valence-corrected chi connectivity index (χ2v) is 10.4. The highest BCUT2D eigenvalue weighted by Crippen LogP contribution is 2.32. The van der Waals surface area contributed by atoms with Gasteiger partial charge in [0.25, 0.3) is 0 Å². The van der Waals surface area contributed by atoms with E-state index in [0.29, 0.717) is 24.0 Å². The Kier molecular flexibility index (Phi) is 7.64. The van der Waals surface area contributed by atoms with Gasteiger partial charge in [0.1, 0.15) is 11.6 Å².